The van der Waals surface area contributed by atoms with E-state index in [0.717, 1.165) is 22.5 Å². The zero-order valence-electron chi connectivity index (χ0n) is 22.5. The van der Waals surface area contributed by atoms with Crippen LogP contribution in [0.25, 0.3) is 11.3 Å². The number of anilines is 4. The molecule has 4 N–H and O–H groups in total. The Morgan fingerprint density at radius 1 is 0.667 bits per heavy atom. The van der Waals surface area contributed by atoms with E-state index >= 15 is 0 Å². The van der Waals surface area contributed by atoms with Gasteiger partial charge < -0.3 is 16.0 Å². The van der Waals surface area contributed by atoms with Crippen LogP contribution in [0.3, 0.4) is 0 Å². The van der Waals surface area contributed by atoms with E-state index in [-0.39, 0.29) is 10.8 Å². The van der Waals surface area contributed by atoms with E-state index in [1.165, 1.54) is 12.1 Å². The Balaban J connectivity index is 1.34. The molecule has 1 aliphatic rings. The lowest BCUT2D eigenvalue weighted by atomic mass is 10.00. The molecule has 0 aliphatic carbocycles. The van der Waals surface area contributed by atoms with E-state index in [1.807, 2.05) is 91.0 Å². The van der Waals surface area contributed by atoms with Crippen LogP contribution in [0.4, 0.5) is 22.7 Å². The van der Waals surface area contributed by atoms with Gasteiger partial charge in [0.05, 0.1) is 16.2 Å². The van der Waals surface area contributed by atoms with E-state index in [1.54, 1.807) is 30.3 Å². The minimum atomic E-state index is -3.89. The number of sulfonamides is 1. The summed E-state index contributed by atoms with van der Waals surface area (Å²) in [5, 5.41) is 9.74. The minimum Gasteiger partial charge on any atom is -0.381 e. The summed E-state index contributed by atoms with van der Waals surface area (Å²) in [6.45, 7) is 0.668. The van der Waals surface area contributed by atoms with Gasteiger partial charge in [-0.25, -0.2) is 8.42 Å². The number of hydrogen-bond acceptors (Lipinski definition) is 5. The number of nitrogens with one attached hydrogen (secondary N) is 4. The van der Waals surface area contributed by atoms with Gasteiger partial charge in [-0.1, -0.05) is 78.9 Å². The fraction of sp³-hybridized carbons (Fsp3) is 0.0294. The molecule has 42 heavy (non-hydrogen) atoms. The first-order valence-electron chi connectivity index (χ1n) is 13.4. The first-order valence-corrected chi connectivity index (χ1v) is 14.9. The van der Waals surface area contributed by atoms with E-state index in [4.69, 9.17) is 0 Å². The topological polar surface area (TPSA) is 99.3 Å². The van der Waals surface area contributed by atoms with Crippen LogP contribution in [0.1, 0.15) is 16.7 Å². The van der Waals surface area contributed by atoms with Gasteiger partial charge in [-0.3, -0.25) is 9.52 Å². The van der Waals surface area contributed by atoms with E-state index in [0.29, 0.717) is 34.8 Å². The molecule has 0 aromatic heterocycles. The second-order valence-corrected chi connectivity index (χ2v) is 11.5. The molecule has 6 rings (SSSR count). The molecule has 7 nitrogen and oxygen atoms in total. The molecule has 5 aromatic carbocycles. The first kappa shape index (κ1) is 26.9. The summed E-state index contributed by atoms with van der Waals surface area (Å²) in [6.07, 6.45) is 0. The largest absolute Gasteiger partial charge is 0.381 e. The molecule has 5 aromatic rings. The highest BCUT2D eigenvalue weighted by atomic mass is 32.2. The summed E-state index contributed by atoms with van der Waals surface area (Å²) < 4.78 is 29.1. The number of para-hydroxylation sites is 2. The van der Waals surface area contributed by atoms with E-state index in [9.17, 15) is 13.2 Å². The van der Waals surface area contributed by atoms with Crippen LogP contribution >= 0.6 is 0 Å². The van der Waals surface area contributed by atoms with Crippen molar-refractivity contribution >= 4 is 50.0 Å². The van der Waals surface area contributed by atoms with Crippen molar-refractivity contribution in [3.8, 4) is 0 Å². The summed E-state index contributed by atoms with van der Waals surface area (Å²) in [5.74, 6) is -0.314. The van der Waals surface area contributed by atoms with Crippen LogP contribution in [0.5, 0.6) is 0 Å². The molecule has 0 radical (unpaired) electrons. The highest BCUT2D eigenvalue weighted by molar-refractivity contribution is 7.92. The molecule has 0 spiro atoms. The average molecular weight is 573 g/mol. The molecule has 0 fully saturated rings. The van der Waals surface area contributed by atoms with Crippen molar-refractivity contribution in [2.24, 2.45) is 0 Å². The van der Waals surface area contributed by atoms with Crippen molar-refractivity contribution in [1.82, 2.24) is 0 Å². The third-order valence-corrected chi connectivity index (χ3v) is 8.26. The van der Waals surface area contributed by atoms with Gasteiger partial charge in [0.2, 0.25) is 0 Å². The quantitative estimate of drug-likeness (QED) is 0.142. The predicted octanol–water partition coefficient (Wildman–Crippen LogP) is 7.03. The summed E-state index contributed by atoms with van der Waals surface area (Å²) in [7, 11) is -3.89. The van der Waals surface area contributed by atoms with Crippen LogP contribution in [-0.4, -0.2) is 14.3 Å². The lowest BCUT2D eigenvalue weighted by Gasteiger charge is -2.16. The third-order valence-electron chi connectivity index (χ3n) is 6.88. The van der Waals surface area contributed by atoms with Crippen molar-refractivity contribution in [2.75, 3.05) is 20.7 Å². The molecular formula is C34H28N4O3S. The van der Waals surface area contributed by atoms with E-state index < -0.39 is 10.0 Å². The van der Waals surface area contributed by atoms with Gasteiger partial charge in [0, 0.05) is 34.9 Å². The Hall–Kier alpha value is -5.34. The molecular weight excluding hydrogens is 544 g/mol. The lowest BCUT2D eigenvalue weighted by Crippen LogP contribution is -2.13. The fourth-order valence-corrected chi connectivity index (χ4v) is 5.86. The Bertz CT molecular complexity index is 1860. The molecule has 1 aliphatic heterocycles. The van der Waals surface area contributed by atoms with Crippen molar-refractivity contribution < 1.29 is 13.2 Å². The second-order valence-electron chi connectivity index (χ2n) is 9.79. The molecule has 1 amide bonds. The highest BCUT2D eigenvalue weighted by Crippen LogP contribution is 2.39. The van der Waals surface area contributed by atoms with Gasteiger partial charge >= 0.3 is 0 Å². The average Bonchev–Trinajstić information content (AvgIpc) is 3.35. The first-order chi connectivity index (χ1) is 20.5. The summed E-state index contributed by atoms with van der Waals surface area (Å²) in [5.41, 5.74) is 6.18. The van der Waals surface area contributed by atoms with Gasteiger partial charge in [0.25, 0.3) is 15.9 Å². The Morgan fingerprint density at radius 2 is 1.29 bits per heavy atom. The molecule has 208 valence electrons. The lowest BCUT2D eigenvalue weighted by molar-refractivity contribution is -0.110. The molecule has 1 heterocycles. The van der Waals surface area contributed by atoms with Crippen LogP contribution in [-0.2, 0) is 21.4 Å². The van der Waals surface area contributed by atoms with Crippen molar-refractivity contribution in [2.45, 2.75) is 11.4 Å². The standard InChI is InChI=1S/C34H28N4O3S/c39-34-32(30-22-29(20-21-31(30)37-34)42(40,41)38-28-14-8-3-9-15-28)33(25-10-4-1-5-11-25)36-27-18-16-24(17-19-27)23-35-26-12-6-2-7-13-26/h1-22,35-36,38H,23H2,(H,37,39). The number of fused-ring (bicyclic) bond motifs is 1. The zero-order valence-corrected chi connectivity index (χ0v) is 23.4. The van der Waals surface area contributed by atoms with Gasteiger partial charge in [-0.15, -0.1) is 0 Å². The van der Waals surface area contributed by atoms with Crippen LogP contribution < -0.4 is 20.7 Å². The zero-order chi connectivity index (χ0) is 28.9. The monoisotopic (exact) mass is 572 g/mol. The Labute approximate surface area is 245 Å². The number of amides is 1. The summed E-state index contributed by atoms with van der Waals surface area (Å²) in [4.78, 5) is 13.4. The van der Waals surface area contributed by atoms with Crippen molar-refractivity contribution in [1.29, 1.82) is 0 Å². The third kappa shape index (κ3) is 5.89. The maximum Gasteiger partial charge on any atom is 0.261 e. The smallest absolute Gasteiger partial charge is 0.261 e. The van der Waals surface area contributed by atoms with Crippen LogP contribution in [0.2, 0.25) is 0 Å². The molecule has 0 saturated carbocycles. The molecule has 0 saturated heterocycles. The second kappa shape index (κ2) is 11.6. The van der Waals surface area contributed by atoms with Crippen molar-refractivity contribution in [3.63, 3.8) is 0 Å². The van der Waals surface area contributed by atoms with Gasteiger partial charge in [-0.05, 0) is 65.7 Å². The number of carbonyl (C=O) groups excluding carboxylic acids is 1. The Kier molecular flexibility index (Phi) is 7.45. The van der Waals surface area contributed by atoms with Gasteiger partial charge in [0.1, 0.15) is 0 Å². The molecule has 0 unspecified atom stereocenters. The summed E-state index contributed by atoms with van der Waals surface area (Å²) >= 11 is 0. The number of hydrogen-bond donors (Lipinski definition) is 4. The summed E-state index contributed by atoms with van der Waals surface area (Å²) in [6, 6.07) is 40.8. The van der Waals surface area contributed by atoms with Crippen LogP contribution in [0.15, 0.2) is 138 Å². The maximum absolute atomic E-state index is 13.4. The highest BCUT2D eigenvalue weighted by Gasteiger charge is 2.30. The minimum absolute atomic E-state index is 0.0572. The normalized spacial score (nSPS) is 13.6. The SMILES string of the molecule is O=C1Nc2ccc(S(=O)(=O)Nc3ccccc3)cc2C1=C(Nc1ccc(CNc2ccccc2)cc1)c1ccccc1. The van der Waals surface area contributed by atoms with Crippen LogP contribution in [0, 0.1) is 0 Å². The maximum atomic E-state index is 13.4. The van der Waals surface area contributed by atoms with Gasteiger partial charge in [0.15, 0.2) is 0 Å². The number of benzene rings is 5. The number of carbonyl (C=O) groups is 1. The molecule has 0 bridgehead atoms. The molecule has 0 atom stereocenters. The van der Waals surface area contributed by atoms with Gasteiger partial charge in [-0.2, -0.15) is 0 Å². The Morgan fingerprint density at radius 3 is 1.95 bits per heavy atom. The van der Waals surface area contributed by atoms with Crippen molar-refractivity contribution in [3.05, 3.63) is 150 Å². The fourth-order valence-electron chi connectivity index (χ4n) is 4.78. The molecule has 8 heteroatoms. The number of rotatable bonds is 9. The predicted molar refractivity (Wildman–Crippen MR) is 169 cm³/mol. The van der Waals surface area contributed by atoms with E-state index in [2.05, 4.69) is 20.7 Å².